The minimum atomic E-state index is -1.05. The van der Waals surface area contributed by atoms with Crippen LogP contribution in [0.5, 0.6) is 0 Å². The van der Waals surface area contributed by atoms with E-state index in [1.165, 1.54) is 0 Å². The van der Waals surface area contributed by atoms with Gasteiger partial charge in [-0.2, -0.15) is 0 Å². The maximum Gasteiger partial charge on any atom is 0.207 e. The molecule has 0 saturated carbocycles. The molecule has 1 heterocycles. The number of aryl methyl sites for hydroxylation is 2. The molecular weight excluding hydrogens is 326 g/mol. The van der Waals surface area contributed by atoms with E-state index in [1.807, 2.05) is 45.0 Å². The summed E-state index contributed by atoms with van der Waals surface area (Å²) in [6.07, 6.45) is 0. The van der Waals surface area contributed by atoms with Crippen LogP contribution in [-0.4, -0.2) is 9.19 Å². The lowest BCUT2D eigenvalue weighted by Gasteiger charge is -2.10. The van der Waals surface area contributed by atoms with E-state index < -0.39 is 10.8 Å². The Labute approximate surface area is 124 Å². The summed E-state index contributed by atoms with van der Waals surface area (Å²) in [7, 11) is -1.05. The molecule has 2 atom stereocenters. The molecule has 0 aliphatic heterocycles. The fraction of sp³-hybridized carbons (Fsp3) is 0.357. The van der Waals surface area contributed by atoms with Crippen LogP contribution in [0.4, 0.5) is 0 Å². The van der Waals surface area contributed by atoms with Gasteiger partial charge in [0.1, 0.15) is 11.5 Å². The van der Waals surface area contributed by atoms with Gasteiger partial charge in [-0.05, 0) is 38.5 Å². The van der Waals surface area contributed by atoms with E-state index >= 15 is 0 Å². The van der Waals surface area contributed by atoms with Crippen molar-refractivity contribution < 1.29 is 8.63 Å². The van der Waals surface area contributed by atoms with Gasteiger partial charge in [0.15, 0.2) is 0 Å². The number of aromatic nitrogens is 1. The van der Waals surface area contributed by atoms with E-state index in [9.17, 15) is 4.21 Å². The summed E-state index contributed by atoms with van der Waals surface area (Å²) >= 11 is 3.43. The standard InChI is InChI=1S/C14H16BrNO2S/c1-9-10(2)18-14(16-9)8-19(17)11(3)12-5-4-6-13(15)7-12/h4-7,11H,8H2,1-3H3/t11-,19-/m0/s1. The zero-order valence-electron chi connectivity index (χ0n) is 11.1. The molecule has 2 aromatic rings. The molecule has 1 aromatic heterocycles. The second-order valence-electron chi connectivity index (χ2n) is 4.47. The van der Waals surface area contributed by atoms with E-state index in [0.29, 0.717) is 11.6 Å². The number of hydrogen-bond acceptors (Lipinski definition) is 3. The van der Waals surface area contributed by atoms with Crippen molar-refractivity contribution in [2.75, 3.05) is 0 Å². The Balaban J connectivity index is 2.11. The summed E-state index contributed by atoms with van der Waals surface area (Å²) in [5.74, 6) is 1.69. The molecule has 19 heavy (non-hydrogen) atoms. The van der Waals surface area contributed by atoms with Gasteiger partial charge in [-0.25, -0.2) is 4.98 Å². The third-order valence-corrected chi connectivity index (χ3v) is 5.14. The molecule has 0 spiro atoms. The molecule has 0 aliphatic carbocycles. The number of halogens is 1. The Morgan fingerprint density at radius 1 is 1.42 bits per heavy atom. The van der Waals surface area contributed by atoms with Crippen molar-refractivity contribution in [3.05, 3.63) is 51.6 Å². The SMILES string of the molecule is Cc1nc(C[S@](=O)[C@@H](C)c2cccc(Br)c2)oc1C. The van der Waals surface area contributed by atoms with Crippen molar-refractivity contribution in [3.63, 3.8) is 0 Å². The summed E-state index contributed by atoms with van der Waals surface area (Å²) in [5.41, 5.74) is 1.91. The van der Waals surface area contributed by atoms with Crippen LogP contribution in [-0.2, 0) is 16.6 Å². The van der Waals surface area contributed by atoms with Gasteiger partial charge >= 0.3 is 0 Å². The average molecular weight is 342 g/mol. The van der Waals surface area contributed by atoms with Crippen molar-refractivity contribution in [3.8, 4) is 0 Å². The number of nitrogens with zero attached hydrogens (tertiary/aromatic N) is 1. The molecule has 102 valence electrons. The molecule has 0 saturated heterocycles. The predicted octanol–water partition coefficient (Wildman–Crippen LogP) is 4.06. The smallest absolute Gasteiger partial charge is 0.207 e. The molecule has 5 heteroatoms. The molecule has 0 unspecified atom stereocenters. The topological polar surface area (TPSA) is 43.1 Å². The molecule has 3 nitrogen and oxygen atoms in total. The molecule has 2 rings (SSSR count). The van der Waals surface area contributed by atoms with E-state index in [-0.39, 0.29) is 5.25 Å². The fourth-order valence-electron chi connectivity index (χ4n) is 1.76. The van der Waals surface area contributed by atoms with Crippen LogP contribution in [0.25, 0.3) is 0 Å². The molecule has 1 aromatic carbocycles. The maximum absolute atomic E-state index is 12.3. The van der Waals surface area contributed by atoms with E-state index in [2.05, 4.69) is 20.9 Å². The number of benzene rings is 1. The van der Waals surface area contributed by atoms with Crippen LogP contribution < -0.4 is 0 Å². The fourth-order valence-corrected chi connectivity index (χ4v) is 3.24. The highest BCUT2D eigenvalue weighted by Crippen LogP contribution is 2.24. The van der Waals surface area contributed by atoms with Gasteiger partial charge in [0.25, 0.3) is 0 Å². The monoisotopic (exact) mass is 341 g/mol. The second kappa shape index (κ2) is 6.01. The molecule has 0 N–H and O–H groups in total. The second-order valence-corrected chi connectivity index (χ2v) is 7.14. The van der Waals surface area contributed by atoms with Crippen LogP contribution in [0.2, 0.25) is 0 Å². The van der Waals surface area contributed by atoms with Crippen LogP contribution in [0.3, 0.4) is 0 Å². The Morgan fingerprint density at radius 3 is 2.74 bits per heavy atom. The largest absolute Gasteiger partial charge is 0.445 e. The third-order valence-electron chi connectivity index (χ3n) is 3.05. The van der Waals surface area contributed by atoms with Crippen molar-refractivity contribution in [1.29, 1.82) is 0 Å². The summed E-state index contributed by atoms with van der Waals surface area (Å²) in [6.45, 7) is 5.72. The van der Waals surface area contributed by atoms with Crippen LogP contribution in [0, 0.1) is 13.8 Å². The zero-order valence-corrected chi connectivity index (χ0v) is 13.5. The quantitative estimate of drug-likeness (QED) is 0.841. The lowest BCUT2D eigenvalue weighted by Crippen LogP contribution is -2.05. The highest BCUT2D eigenvalue weighted by atomic mass is 79.9. The van der Waals surface area contributed by atoms with Gasteiger partial charge in [0, 0.05) is 15.3 Å². The highest BCUT2D eigenvalue weighted by Gasteiger charge is 2.17. The van der Waals surface area contributed by atoms with Crippen LogP contribution >= 0.6 is 15.9 Å². The molecule has 0 bridgehead atoms. The van der Waals surface area contributed by atoms with Crippen molar-refractivity contribution in [2.45, 2.75) is 31.8 Å². The first-order chi connectivity index (χ1) is 8.97. The summed E-state index contributed by atoms with van der Waals surface area (Å²) < 4.78 is 18.8. The van der Waals surface area contributed by atoms with Crippen molar-refractivity contribution >= 4 is 26.7 Å². The Kier molecular flexibility index (Phi) is 4.58. The average Bonchev–Trinajstić information content (AvgIpc) is 2.67. The van der Waals surface area contributed by atoms with Crippen molar-refractivity contribution in [2.24, 2.45) is 0 Å². The van der Waals surface area contributed by atoms with E-state index in [1.54, 1.807) is 0 Å². The Hall–Kier alpha value is -0.940. The summed E-state index contributed by atoms with van der Waals surface area (Å²) in [4.78, 5) is 4.27. The molecule has 0 radical (unpaired) electrons. The van der Waals surface area contributed by atoms with Gasteiger partial charge < -0.3 is 4.42 Å². The normalized spacial score (nSPS) is 14.3. The third kappa shape index (κ3) is 3.54. The molecule has 0 amide bonds. The van der Waals surface area contributed by atoms with Gasteiger partial charge in [0.05, 0.1) is 10.9 Å². The summed E-state index contributed by atoms with van der Waals surface area (Å²) in [6, 6.07) is 7.89. The number of hydrogen-bond donors (Lipinski definition) is 0. The van der Waals surface area contributed by atoms with Crippen LogP contribution in [0.15, 0.2) is 33.2 Å². The van der Waals surface area contributed by atoms with Gasteiger partial charge in [-0.15, -0.1) is 0 Å². The maximum atomic E-state index is 12.3. The van der Waals surface area contributed by atoms with Gasteiger partial charge in [-0.3, -0.25) is 4.21 Å². The van der Waals surface area contributed by atoms with Gasteiger partial charge in [-0.1, -0.05) is 28.1 Å². The first-order valence-corrected chi connectivity index (χ1v) is 8.20. The van der Waals surface area contributed by atoms with Gasteiger partial charge in [0.2, 0.25) is 5.89 Å². The minimum Gasteiger partial charge on any atom is -0.445 e. The zero-order chi connectivity index (χ0) is 14.0. The number of oxazole rings is 1. The Bertz CT molecular complexity index is 590. The first kappa shape index (κ1) is 14.5. The van der Waals surface area contributed by atoms with E-state index in [0.717, 1.165) is 21.5 Å². The van der Waals surface area contributed by atoms with E-state index in [4.69, 9.17) is 4.42 Å². The first-order valence-electron chi connectivity index (χ1n) is 6.03. The number of rotatable bonds is 4. The Morgan fingerprint density at radius 2 is 2.16 bits per heavy atom. The molecule has 0 aliphatic rings. The minimum absolute atomic E-state index is 0.0509. The summed E-state index contributed by atoms with van der Waals surface area (Å²) in [5, 5.41) is -0.0509. The molecule has 0 fully saturated rings. The highest BCUT2D eigenvalue weighted by molar-refractivity contribution is 9.10. The predicted molar refractivity (Wildman–Crippen MR) is 80.4 cm³/mol. The van der Waals surface area contributed by atoms with Crippen molar-refractivity contribution in [1.82, 2.24) is 4.98 Å². The lowest BCUT2D eigenvalue weighted by molar-refractivity contribution is 0.487. The lowest BCUT2D eigenvalue weighted by atomic mass is 10.2. The molecular formula is C14H16BrNO2S. The van der Waals surface area contributed by atoms with Crippen LogP contribution in [0.1, 0.15) is 35.1 Å².